The summed E-state index contributed by atoms with van der Waals surface area (Å²) in [6.07, 6.45) is 3.79. The Morgan fingerprint density at radius 3 is 2.61 bits per heavy atom. The van der Waals surface area contributed by atoms with Gasteiger partial charge in [-0.1, -0.05) is 30.3 Å². The lowest BCUT2D eigenvalue weighted by atomic mass is 9.93. The van der Waals surface area contributed by atoms with Gasteiger partial charge in [-0.25, -0.2) is 8.42 Å². The fourth-order valence-electron chi connectivity index (χ4n) is 4.41. The van der Waals surface area contributed by atoms with Crippen LogP contribution >= 0.6 is 0 Å². The number of likely N-dealkylation sites (tertiary alicyclic amines) is 1. The first kappa shape index (κ1) is 17.7. The van der Waals surface area contributed by atoms with Crippen LogP contribution in [-0.2, 0) is 16.6 Å². The Hall–Kier alpha value is -2.35. The number of sulfonamides is 1. The predicted molar refractivity (Wildman–Crippen MR) is 110 cm³/mol. The third-order valence-electron chi connectivity index (χ3n) is 5.94. The Morgan fingerprint density at radius 2 is 1.75 bits per heavy atom. The van der Waals surface area contributed by atoms with Crippen molar-refractivity contribution in [2.45, 2.75) is 30.4 Å². The number of H-pyrrole nitrogens is 1. The number of rotatable bonds is 3. The van der Waals surface area contributed by atoms with Crippen molar-refractivity contribution in [3.8, 4) is 0 Å². The van der Waals surface area contributed by atoms with Gasteiger partial charge in [-0.3, -0.25) is 4.90 Å². The van der Waals surface area contributed by atoms with E-state index in [1.54, 1.807) is 12.1 Å². The van der Waals surface area contributed by atoms with Gasteiger partial charge in [0.1, 0.15) is 4.90 Å². The second-order valence-corrected chi connectivity index (χ2v) is 9.39. The molecule has 0 radical (unpaired) electrons. The molecule has 2 aromatic carbocycles. The summed E-state index contributed by atoms with van der Waals surface area (Å²) >= 11 is 0. The summed E-state index contributed by atoms with van der Waals surface area (Å²) in [6.45, 7) is 2.85. The lowest BCUT2D eigenvalue weighted by Crippen LogP contribution is -2.51. The molecule has 3 N–H and O–H groups in total. The first-order chi connectivity index (χ1) is 13.6. The maximum atomic E-state index is 12.6. The average Bonchev–Trinajstić information content (AvgIpc) is 3.11. The van der Waals surface area contributed by atoms with Crippen molar-refractivity contribution in [3.63, 3.8) is 0 Å². The molecule has 1 unspecified atom stereocenters. The first-order valence-corrected chi connectivity index (χ1v) is 11.2. The molecule has 0 spiro atoms. The highest BCUT2D eigenvalue weighted by Crippen LogP contribution is 2.31. The number of aromatic amines is 1. The van der Waals surface area contributed by atoms with Crippen LogP contribution in [0.5, 0.6) is 0 Å². The van der Waals surface area contributed by atoms with E-state index in [0.717, 1.165) is 32.5 Å². The molecule has 2 aliphatic heterocycles. The van der Waals surface area contributed by atoms with E-state index >= 15 is 0 Å². The zero-order chi connectivity index (χ0) is 19.1. The number of aromatic nitrogens is 1. The second-order valence-electron chi connectivity index (χ2n) is 7.71. The molecule has 0 bridgehead atoms. The molecule has 2 aliphatic rings. The topological polar surface area (TPSA) is 77.2 Å². The van der Waals surface area contributed by atoms with Crippen molar-refractivity contribution in [2.24, 2.45) is 5.92 Å². The van der Waals surface area contributed by atoms with Crippen LogP contribution in [0.2, 0.25) is 0 Å². The summed E-state index contributed by atoms with van der Waals surface area (Å²) in [5, 5.41) is 4.67. The van der Waals surface area contributed by atoms with Gasteiger partial charge < -0.3 is 10.3 Å². The minimum Gasteiger partial charge on any atom is -0.368 e. The fourth-order valence-corrected chi connectivity index (χ4v) is 5.80. The molecule has 1 aromatic heterocycles. The van der Waals surface area contributed by atoms with E-state index in [-0.39, 0.29) is 12.1 Å². The number of benzene rings is 2. The summed E-state index contributed by atoms with van der Waals surface area (Å²) < 4.78 is 28.0. The maximum Gasteiger partial charge on any atom is 0.244 e. The van der Waals surface area contributed by atoms with Crippen molar-refractivity contribution >= 4 is 26.6 Å². The van der Waals surface area contributed by atoms with E-state index in [1.807, 2.05) is 18.2 Å². The quantitative estimate of drug-likeness (QED) is 0.636. The van der Waals surface area contributed by atoms with Gasteiger partial charge in [0.15, 0.2) is 0 Å². The summed E-state index contributed by atoms with van der Waals surface area (Å²) in [7, 11) is -3.45. The predicted octanol–water partition coefficient (Wildman–Crippen LogP) is 3.11. The molecule has 5 rings (SSSR count). The van der Waals surface area contributed by atoms with E-state index in [0.29, 0.717) is 10.6 Å². The molecular formula is C21H24N4O2S. The lowest BCUT2D eigenvalue weighted by Gasteiger charge is -2.38. The van der Waals surface area contributed by atoms with Crippen molar-refractivity contribution < 1.29 is 8.42 Å². The first-order valence-electron chi connectivity index (χ1n) is 9.75. The number of hydrogen-bond donors (Lipinski definition) is 3. The molecule has 6 nitrogen and oxygen atoms in total. The molecular weight excluding hydrogens is 372 g/mol. The van der Waals surface area contributed by atoms with Gasteiger partial charge in [0, 0.05) is 23.6 Å². The Balaban J connectivity index is 1.25. The summed E-state index contributed by atoms with van der Waals surface area (Å²) in [5.41, 5.74) is 3.19. The van der Waals surface area contributed by atoms with E-state index in [1.165, 1.54) is 16.5 Å². The summed E-state index contributed by atoms with van der Waals surface area (Å²) in [6, 6.07) is 15.5. The molecule has 1 saturated heterocycles. The molecule has 3 aromatic rings. The zero-order valence-corrected chi connectivity index (χ0v) is 16.4. The van der Waals surface area contributed by atoms with Gasteiger partial charge in [-0.05, 0) is 55.6 Å². The van der Waals surface area contributed by atoms with E-state index in [2.05, 4.69) is 44.3 Å². The van der Waals surface area contributed by atoms with Crippen LogP contribution < -0.4 is 10.0 Å². The number of nitrogens with one attached hydrogen (secondary N) is 3. The van der Waals surface area contributed by atoms with Crippen molar-refractivity contribution in [1.82, 2.24) is 14.6 Å². The normalized spacial score (nSPS) is 22.6. The molecule has 7 heteroatoms. The monoisotopic (exact) mass is 396 g/mol. The minimum atomic E-state index is -3.45. The zero-order valence-electron chi connectivity index (χ0n) is 15.6. The Labute approximate surface area is 165 Å². The SMILES string of the molecule is O=S1(=O)NC(C2CCN(Cc3c[nH]c4ccccc34)CC2)Nc2ccccc21. The van der Waals surface area contributed by atoms with Crippen LogP contribution in [-0.4, -0.2) is 37.6 Å². The highest BCUT2D eigenvalue weighted by Gasteiger charge is 2.35. The smallest absolute Gasteiger partial charge is 0.244 e. The van der Waals surface area contributed by atoms with Gasteiger partial charge in [0.2, 0.25) is 10.0 Å². The van der Waals surface area contributed by atoms with Crippen LogP contribution in [0.15, 0.2) is 59.6 Å². The van der Waals surface area contributed by atoms with Gasteiger partial charge in [-0.15, -0.1) is 0 Å². The number of nitrogens with zero attached hydrogens (tertiary/aromatic N) is 1. The molecule has 28 heavy (non-hydrogen) atoms. The Bertz CT molecular complexity index is 1100. The molecule has 1 fully saturated rings. The molecule has 1 atom stereocenters. The molecule has 0 aliphatic carbocycles. The van der Waals surface area contributed by atoms with E-state index in [4.69, 9.17) is 0 Å². The number of para-hydroxylation sites is 2. The van der Waals surface area contributed by atoms with E-state index < -0.39 is 10.0 Å². The van der Waals surface area contributed by atoms with E-state index in [9.17, 15) is 8.42 Å². The van der Waals surface area contributed by atoms with Crippen LogP contribution in [0, 0.1) is 5.92 Å². The van der Waals surface area contributed by atoms with Crippen molar-refractivity contribution in [1.29, 1.82) is 0 Å². The minimum absolute atomic E-state index is 0.241. The second kappa shape index (κ2) is 6.92. The number of fused-ring (bicyclic) bond motifs is 2. The van der Waals surface area contributed by atoms with Crippen LogP contribution in [0.4, 0.5) is 5.69 Å². The molecule has 0 amide bonds. The van der Waals surface area contributed by atoms with Gasteiger partial charge in [-0.2, -0.15) is 4.72 Å². The largest absolute Gasteiger partial charge is 0.368 e. The molecule has 0 saturated carbocycles. The van der Waals surface area contributed by atoms with Crippen LogP contribution in [0.3, 0.4) is 0 Å². The highest BCUT2D eigenvalue weighted by molar-refractivity contribution is 7.89. The van der Waals surface area contributed by atoms with Crippen molar-refractivity contribution in [3.05, 3.63) is 60.3 Å². The third-order valence-corrected chi connectivity index (χ3v) is 7.44. The number of hydrogen-bond acceptors (Lipinski definition) is 4. The van der Waals surface area contributed by atoms with Crippen LogP contribution in [0.25, 0.3) is 10.9 Å². The number of anilines is 1. The fraction of sp³-hybridized carbons (Fsp3) is 0.333. The van der Waals surface area contributed by atoms with Gasteiger partial charge >= 0.3 is 0 Å². The third kappa shape index (κ3) is 3.19. The highest BCUT2D eigenvalue weighted by atomic mass is 32.2. The standard InChI is InChI=1S/C21H24N4O2S/c26-28(27)20-8-4-3-7-19(20)23-21(24-28)15-9-11-25(12-10-15)14-16-13-22-18-6-2-1-5-17(16)18/h1-8,13,15,21-24H,9-12,14H2. The molecule has 146 valence electrons. The van der Waals surface area contributed by atoms with Crippen LogP contribution in [0.1, 0.15) is 18.4 Å². The Kier molecular flexibility index (Phi) is 4.38. The van der Waals surface area contributed by atoms with Crippen molar-refractivity contribution in [2.75, 3.05) is 18.4 Å². The Morgan fingerprint density at radius 1 is 1.00 bits per heavy atom. The van der Waals surface area contributed by atoms with Gasteiger partial charge in [0.05, 0.1) is 11.9 Å². The summed E-state index contributed by atoms with van der Waals surface area (Å²) in [5.74, 6) is 0.280. The molecule has 3 heterocycles. The number of piperidine rings is 1. The van der Waals surface area contributed by atoms with Gasteiger partial charge in [0.25, 0.3) is 0 Å². The maximum absolute atomic E-state index is 12.6. The lowest BCUT2D eigenvalue weighted by molar-refractivity contribution is 0.164. The summed E-state index contributed by atoms with van der Waals surface area (Å²) in [4.78, 5) is 6.14. The average molecular weight is 397 g/mol.